The third kappa shape index (κ3) is 10.5. The molecule has 0 radical (unpaired) electrons. The van der Waals surface area contributed by atoms with E-state index in [4.69, 9.17) is 9.47 Å². The van der Waals surface area contributed by atoms with Crippen LogP contribution < -0.4 is 19.6 Å². The van der Waals surface area contributed by atoms with Crippen LogP contribution in [0.2, 0.25) is 0 Å². The van der Waals surface area contributed by atoms with Gasteiger partial charge in [-0.05, 0) is 66.9 Å². The minimum absolute atomic E-state index is 0.0248. The predicted octanol–water partition coefficient (Wildman–Crippen LogP) is 3.93. The maximum atomic E-state index is 15.1. The summed E-state index contributed by atoms with van der Waals surface area (Å²) in [6, 6.07) is 22.1. The summed E-state index contributed by atoms with van der Waals surface area (Å²) in [5.41, 5.74) is 2.69. The van der Waals surface area contributed by atoms with Crippen LogP contribution >= 0.6 is 11.8 Å². The first-order chi connectivity index (χ1) is 35.1. The smallest absolute Gasteiger partial charge is 0.414 e. The van der Waals surface area contributed by atoms with Crippen LogP contribution in [0.15, 0.2) is 84.9 Å². The number of thioether (sulfide) groups is 1. The van der Waals surface area contributed by atoms with E-state index < -0.39 is 70.5 Å². The largest absolute Gasteiger partial charge is 0.442 e. The fourth-order valence-corrected chi connectivity index (χ4v) is 10.5. The Morgan fingerprint density at radius 3 is 1.29 bits per heavy atom. The van der Waals surface area contributed by atoms with Crippen LogP contribution in [0.3, 0.4) is 0 Å². The number of hydrogen-bond donors (Lipinski definition) is 0. The normalized spacial score (nSPS) is 20.1. The van der Waals surface area contributed by atoms with Crippen LogP contribution in [0, 0.1) is 11.6 Å². The molecule has 382 valence electrons. The summed E-state index contributed by atoms with van der Waals surface area (Å²) in [7, 11) is -1.21. The second kappa shape index (κ2) is 21.4. The summed E-state index contributed by atoms with van der Waals surface area (Å²) < 4.78 is 52.2. The van der Waals surface area contributed by atoms with E-state index in [9.17, 15) is 42.6 Å². The molecule has 3 atom stereocenters. The zero-order valence-corrected chi connectivity index (χ0v) is 41.4. The molecule has 4 aromatic rings. The molecule has 10 rings (SSSR count). The molecule has 0 spiro atoms. The predicted molar refractivity (Wildman–Crippen MR) is 267 cm³/mol. The average molecular weight is 1040 g/mol. The van der Waals surface area contributed by atoms with Crippen LogP contribution in [-0.4, -0.2) is 186 Å². The summed E-state index contributed by atoms with van der Waals surface area (Å²) in [6.07, 6.45) is 0.538. The van der Waals surface area contributed by atoms with Gasteiger partial charge in [-0.3, -0.25) is 52.6 Å². The molecule has 0 aromatic heterocycles. The van der Waals surface area contributed by atoms with Crippen molar-refractivity contribution in [3.05, 3.63) is 119 Å². The van der Waals surface area contributed by atoms with Crippen molar-refractivity contribution in [3.8, 4) is 0 Å². The molecule has 4 aromatic carbocycles. The number of cyclic esters (lactones) is 2. The summed E-state index contributed by atoms with van der Waals surface area (Å²) in [5, 5.41) is 0. The first kappa shape index (κ1) is 50.5. The highest BCUT2D eigenvalue weighted by atomic mass is 32.2. The highest BCUT2D eigenvalue weighted by Crippen LogP contribution is 2.32. The SMILES string of the molecule is CS(=O)CC(=O)N1CCN(c2ccc(N3C[C@H](CN4C(=O)c5ccccc5C4=O)OC3=O)cc2F)CC1.CSCC(=O)N1CCN(c2ccc(N3C[C@H](CN4C(=O)c5ccccc5C4=O)OC3=O)cc2F)CC1. The summed E-state index contributed by atoms with van der Waals surface area (Å²) >= 11 is 1.48. The summed E-state index contributed by atoms with van der Waals surface area (Å²) in [5.74, 6) is -2.40. The molecule has 19 nitrogen and oxygen atoms in total. The van der Waals surface area contributed by atoms with Gasteiger partial charge in [0.1, 0.15) is 29.6 Å². The number of imide groups is 2. The fraction of sp³-hybridized carbons (Fsp3) is 0.360. The number of carbonyl (C=O) groups is 8. The van der Waals surface area contributed by atoms with Crippen LogP contribution in [-0.2, 0) is 29.9 Å². The molecule has 23 heteroatoms. The van der Waals surface area contributed by atoms with Crippen molar-refractivity contribution in [2.24, 2.45) is 0 Å². The molecule has 4 fully saturated rings. The zero-order valence-electron chi connectivity index (χ0n) is 39.8. The Bertz CT molecular complexity index is 2860. The van der Waals surface area contributed by atoms with E-state index in [-0.39, 0.29) is 43.7 Å². The topological polar surface area (TPSA) is 198 Å². The molecule has 1 unspecified atom stereocenters. The number of carbonyl (C=O) groups excluding carboxylic acids is 8. The lowest BCUT2D eigenvalue weighted by Crippen LogP contribution is -2.50. The van der Waals surface area contributed by atoms with Gasteiger partial charge in [0.15, 0.2) is 0 Å². The van der Waals surface area contributed by atoms with Crippen LogP contribution in [0.4, 0.5) is 41.1 Å². The molecule has 6 aliphatic rings. The Kier molecular flexibility index (Phi) is 14.8. The molecular weight excluding hydrogens is 991 g/mol. The van der Waals surface area contributed by atoms with Crippen LogP contribution in [0.25, 0.3) is 0 Å². The number of nitrogens with zero attached hydrogens (tertiary/aromatic N) is 8. The van der Waals surface area contributed by atoms with Crippen molar-refractivity contribution in [1.29, 1.82) is 0 Å². The highest BCUT2D eigenvalue weighted by Gasteiger charge is 2.43. The Hall–Kier alpha value is -7.40. The average Bonchev–Trinajstić information content (AvgIpc) is 4.09. The number of halogens is 2. The van der Waals surface area contributed by atoms with Gasteiger partial charge in [0.2, 0.25) is 11.8 Å². The Morgan fingerprint density at radius 1 is 0.575 bits per heavy atom. The number of ether oxygens (including phenoxy) is 2. The van der Waals surface area contributed by atoms with Crippen molar-refractivity contribution in [2.45, 2.75) is 12.2 Å². The molecule has 4 saturated heterocycles. The van der Waals surface area contributed by atoms with Crippen molar-refractivity contribution in [2.75, 3.05) is 122 Å². The monoisotopic (exact) mass is 1040 g/mol. The second-order valence-electron chi connectivity index (χ2n) is 17.9. The van der Waals surface area contributed by atoms with E-state index in [0.717, 1.165) is 9.80 Å². The highest BCUT2D eigenvalue weighted by molar-refractivity contribution is 7.99. The molecule has 73 heavy (non-hydrogen) atoms. The standard InChI is InChI=1S/C25H25FN4O6S.C25H25FN4O5S/c1-37(35)15-22(31)28-10-8-27(9-11-28)21-7-6-16(12-20(21)26)29-13-17(36-25(29)34)14-30-23(32)18-4-2-3-5-19(18)24(30)33;1-36-15-22(31)28-10-8-27(9-11-28)21-7-6-16(12-20(21)26)29-13-17(35-25(29)34)14-30-23(32)18-4-2-3-5-19(18)24(30)33/h2-7,12,17H,8-11,13-15H2,1H3;2-7,12,17H,8-11,13-15H2,1H3/t17-,37?;17-/m11/s1. The minimum Gasteiger partial charge on any atom is -0.442 e. The van der Waals surface area contributed by atoms with E-state index in [1.54, 1.807) is 82.6 Å². The van der Waals surface area contributed by atoms with Gasteiger partial charge >= 0.3 is 12.2 Å². The second-order valence-corrected chi connectivity index (χ2v) is 20.2. The van der Waals surface area contributed by atoms with Crippen molar-refractivity contribution in [3.63, 3.8) is 0 Å². The maximum absolute atomic E-state index is 15.1. The Balaban J connectivity index is 0.000000180. The molecule has 0 N–H and O–H groups in total. The zero-order chi connectivity index (χ0) is 51.7. The molecule has 6 heterocycles. The first-order valence-corrected chi connectivity index (χ1v) is 26.5. The number of benzene rings is 4. The van der Waals surface area contributed by atoms with Gasteiger partial charge in [0.25, 0.3) is 23.6 Å². The quantitative estimate of drug-likeness (QED) is 0.185. The first-order valence-electron chi connectivity index (χ1n) is 23.4. The van der Waals surface area contributed by atoms with Gasteiger partial charge in [-0.2, -0.15) is 11.8 Å². The lowest BCUT2D eigenvalue weighted by atomic mass is 10.1. The lowest BCUT2D eigenvalue weighted by Gasteiger charge is -2.36. The van der Waals surface area contributed by atoms with Gasteiger partial charge in [-0.15, -0.1) is 0 Å². The number of piperazine rings is 2. The Labute approximate surface area is 424 Å². The van der Waals surface area contributed by atoms with Gasteiger partial charge in [0, 0.05) is 69.4 Å². The summed E-state index contributed by atoms with van der Waals surface area (Å²) in [4.78, 5) is 112. The molecule has 0 aliphatic carbocycles. The molecular formula is C50H50F2N8O11S2. The molecule has 6 aliphatic heterocycles. The van der Waals surface area contributed by atoms with Crippen LogP contribution in [0.1, 0.15) is 41.4 Å². The Morgan fingerprint density at radius 2 is 0.945 bits per heavy atom. The summed E-state index contributed by atoms with van der Waals surface area (Å²) in [6.45, 7) is 3.71. The van der Waals surface area contributed by atoms with E-state index in [0.29, 0.717) is 103 Å². The molecule has 0 saturated carbocycles. The van der Waals surface area contributed by atoms with Crippen molar-refractivity contribution < 1.29 is 60.8 Å². The van der Waals surface area contributed by atoms with Crippen molar-refractivity contribution >= 4 is 92.9 Å². The fourth-order valence-electron chi connectivity index (χ4n) is 9.59. The van der Waals surface area contributed by atoms with E-state index in [1.165, 1.54) is 40.0 Å². The number of anilines is 4. The van der Waals surface area contributed by atoms with Gasteiger partial charge in [0.05, 0.1) is 76.9 Å². The number of amides is 8. The van der Waals surface area contributed by atoms with Gasteiger partial charge < -0.3 is 29.1 Å². The van der Waals surface area contributed by atoms with Gasteiger partial charge in [-0.25, -0.2) is 18.4 Å². The van der Waals surface area contributed by atoms with Crippen LogP contribution in [0.5, 0.6) is 0 Å². The third-order valence-electron chi connectivity index (χ3n) is 13.3. The maximum Gasteiger partial charge on any atom is 0.414 e. The molecule has 0 bridgehead atoms. The lowest BCUT2D eigenvalue weighted by molar-refractivity contribution is -0.129. The van der Waals surface area contributed by atoms with Gasteiger partial charge in [-0.1, -0.05) is 24.3 Å². The van der Waals surface area contributed by atoms with E-state index >= 15 is 8.78 Å². The van der Waals surface area contributed by atoms with Crippen molar-refractivity contribution in [1.82, 2.24) is 19.6 Å². The number of hydrogen-bond acceptors (Lipinski definition) is 14. The van der Waals surface area contributed by atoms with E-state index in [1.807, 2.05) is 16.1 Å². The van der Waals surface area contributed by atoms with E-state index in [2.05, 4.69) is 0 Å². The number of fused-ring (bicyclic) bond motifs is 2. The molecule has 8 amide bonds. The third-order valence-corrected chi connectivity index (χ3v) is 14.5. The number of rotatable bonds is 12. The minimum atomic E-state index is -1.21.